The minimum Gasteiger partial charge on any atom is -0.349 e. The smallest absolute Gasteiger partial charge is 0.251 e. The molecule has 1 aromatic rings. The van der Waals surface area contributed by atoms with E-state index >= 15 is 0 Å². The molecule has 0 spiro atoms. The van der Waals surface area contributed by atoms with E-state index in [0.717, 1.165) is 50.1 Å². The van der Waals surface area contributed by atoms with Gasteiger partial charge in [0.15, 0.2) is 0 Å². The van der Waals surface area contributed by atoms with E-state index < -0.39 is 0 Å². The molecule has 2 fully saturated rings. The van der Waals surface area contributed by atoms with Crippen molar-refractivity contribution in [1.82, 2.24) is 15.5 Å². The molecule has 5 heteroatoms. The maximum absolute atomic E-state index is 12.3. The summed E-state index contributed by atoms with van der Waals surface area (Å²) in [6.45, 7) is 5.05. The molecule has 0 bridgehead atoms. The Kier molecular flexibility index (Phi) is 4.43. The van der Waals surface area contributed by atoms with Crippen molar-refractivity contribution in [2.24, 2.45) is 5.92 Å². The molecule has 2 aliphatic rings. The molecule has 1 aromatic carbocycles. The van der Waals surface area contributed by atoms with Crippen LogP contribution in [-0.4, -0.2) is 48.9 Å². The number of hydrogen-bond donors (Lipinski definition) is 2. The number of benzene rings is 1. The SMILES string of the molecule is Cc1ccccc1C(=O)NC1CCN(C(=O)C2CNC2)CC1. The molecule has 0 atom stereocenters. The van der Waals surface area contributed by atoms with Gasteiger partial charge in [-0.3, -0.25) is 9.59 Å². The molecule has 118 valence electrons. The molecule has 0 radical (unpaired) electrons. The van der Waals surface area contributed by atoms with Crippen LogP contribution >= 0.6 is 0 Å². The molecule has 2 heterocycles. The first-order valence-electron chi connectivity index (χ1n) is 8.01. The summed E-state index contributed by atoms with van der Waals surface area (Å²) in [5.41, 5.74) is 1.73. The summed E-state index contributed by atoms with van der Waals surface area (Å²) >= 11 is 0. The number of rotatable bonds is 3. The van der Waals surface area contributed by atoms with Crippen molar-refractivity contribution in [1.29, 1.82) is 0 Å². The Labute approximate surface area is 131 Å². The van der Waals surface area contributed by atoms with Crippen LogP contribution in [0.2, 0.25) is 0 Å². The van der Waals surface area contributed by atoms with E-state index in [4.69, 9.17) is 0 Å². The number of amides is 2. The van der Waals surface area contributed by atoms with Crippen molar-refractivity contribution < 1.29 is 9.59 Å². The Hall–Kier alpha value is -1.88. The van der Waals surface area contributed by atoms with Crippen LogP contribution in [0.1, 0.15) is 28.8 Å². The summed E-state index contributed by atoms with van der Waals surface area (Å²) in [5.74, 6) is 0.423. The first-order valence-corrected chi connectivity index (χ1v) is 8.01. The normalized spacial score (nSPS) is 19.6. The number of carbonyl (C=O) groups is 2. The van der Waals surface area contributed by atoms with Crippen LogP contribution in [0.15, 0.2) is 24.3 Å². The highest BCUT2D eigenvalue weighted by Gasteiger charge is 2.31. The van der Waals surface area contributed by atoms with E-state index in [0.29, 0.717) is 0 Å². The van der Waals surface area contributed by atoms with Gasteiger partial charge in [0.25, 0.3) is 5.91 Å². The lowest BCUT2D eigenvalue weighted by Gasteiger charge is -2.37. The number of hydrogen-bond acceptors (Lipinski definition) is 3. The predicted octanol–water partition coefficient (Wildman–Crippen LogP) is 0.935. The maximum atomic E-state index is 12.3. The van der Waals surface area contributed by atoms with Crippen LogP contribution in [0.25, 0.3) is 0 Å². The molecule has 5 nitrogen and oxygen atoms in total. The van der Waals surface area contributed by atoms with E-state index in [9.17, 15) is 9.59 Å². The van der Waals surface area contributed by atoms with Gasteiger partial charge >= 0.3 is 0 Å². The second-order valence-electron chi connectivity index (χ2n) is 6.24. The average molecular weight is 301 g/mol. The van der Waals surface area contributed by atoms with E-state index in [1.165, 1.54) is 0 Å². The molecule has 2 amide bonds. The van der Waals surface area contributed by atoms with E-state index in [-0.39, 0.29) is 23.8 Å². The summed E-state index contributed by atoms with van der Waals surface area (Å²) in [6, 6.07) is 7.78. The highest BCUT2D eigenvalue weighted by molar-refractivity contribution is 5.95. The topological polar surface area (TPSA) is 61.4 Å². The second-order valence-corrected chi connectivity index (χ2v) is 6.24. The molecule has 0 saturated carbocycles. The lowest BCUT2D eigenvalue weighted by molar-refractivity contribution is -0.138. The number of carbonyl (C=O) groups excluding carboxylic acids is 2. The molecule has 2 aliphatic heterocycles. The second kappa shape index (κ2) is 6.48. The summed E-state index contributed by atoms with van der Waals surface area (Å²) in [4.78, 5) is 26.4. The fraction of sp³-hybridized carbons (Fsp3) is 0.529. The number of piperidine rings is 1. The fourth-order valence-electron chi connectivity index (χ4n) is 3.06. The zero-order chi connectivity index (χ0) is 15.5. The predicted molar refractivity (Wildman–Crippen MR) is 84.6 cm³/mol. The summed E-state index contributed by atoms with van der Waals surface area (Å²) in [7, 11) is 0. The van der Waals surface area contributed by atoms with Crippen LogP contribution in [0.5, 0.6) is 0 Å². The summed E-state index contributed by atoms with van der Waals surface area (Å²) < 4.78 is 0. The Bertz CT molecular complexity index is 561. The molecule has 0 aliphatic carbocycles. The van der Waals surface area contributed by atoms with Gasteiger partial charge in [-0.2, -0.15) is 0 Å². The van der Waals surface area contributed by atoms with Gasteiger partial charge in [0.05, 0.1) is 5.92 Å². The molecular formula is C17H23N3O2. The molecule has 0 aromatic heterocycles. The van der Waals surface area contributed by atoms with Gasteiger partial charge in [-0.05, 0) is 31.4 Å². The van der Waals surface area contributed by atoms with E-state index in [1.54, 1.807) is 0 Å². The quantitative estimate of drug-likeness (QED) is 0.873. The molecule has 3 rings (SSSR count). The van der Waals surface area contributed by atoms with Gasteiger partial charge in [0.1, 0.15) is 0 Å². The van der Waals surface area contributed by atoms with Crippen molar-refractivity contribution >= 4 is 11.8 Å². The minimum absolute atomic E-state index is 0.00827. The zero-order valence-electron chi connectivity index (χ0n) is 13.0. The average Bonchev–Trinajstić information content (AvgIpc) is 2.46. The summed E-state index contributed by atoms with van der Waals surface area (Å²) in [6.07, 6.45) is 1.67. The number of likely N-dealkylation sites (tertiary alicyclic amines) is 1. The molecule has 0 unspecified atom stereocenters. The third-order valence-electron chi connectivity index (χ3n) is 4.66. The molecule has 2 saturated heterocycles. The van der Waals surface area contributed by atoms with Crippen LogP contribution in [0, 0.1) is 12.8 Å². The van der Waals surface area contributed by atoms with Gasteiger partial charge in [0, 0.05) is 37.8 Å². The first-order chi connectivity index (χ1) is 10.6. The lowest BCUT2D eigenvalue weighted by atomic mass is 9.98. The molecule has 2 N–H and O–H groups in total. The number of aryl methyl sites for hydroxylation is 1. The lowest BCUT2D eigenvalue weighted by Crippen LogP contribution is -2.55. The van der Waals surface area contributed by atoms with E-state index in [1.807, 2.05) is 36.1 Å². The minimum atomic E-state index is -0.00827. The Morgan fingerprint density at radius 2 is 1.86 bits per heavy atom. The van der Waals surface area contributed by atoms with Gasteiger partial charge < -0.3 is 15.5 Å². The Morgan fingerprint density at radius 1 is 1.18 bits per heavy atom. The summed E-state index contributed by atoms with van der Waals surface area (Å²) in [5, 5.41) is 6.24. The highest BCUT2D eigenvalue weighted by Crippen LogP contribution is 2.16. The third kappa shape index (κ3) is 3.14. The van der Waals surface area contributed by atoms with Crippen LogP contribution in [-0.2, 0) is 4.79 Å². The van der Waals surface area contributed by atoms with E-state index in [2.05, 4.69) is 10.6 Å². The fourth-order valence-corrected chi connectivity index (χ4v) is 3.06. The van der Waals surface area contributed by atoms with Crippen molar-refractivity contribution in [3.63, 3.8) is 0 Å². The van der Waals surface area contributed by atoms with Gasteiger partial charge in [0.2, 0.25) is 5.91 Å². The van der Waals surface area contributed by atoms with Gasteiger partial charge in [-0.25, -0.2) is 0 Å². The van der Waals surface area contributed by atoms with Crippen molar-refractivity contribution in [2.45, 2.75) is 25.8 Å². The maximum Gasteiger partial charge on any atom is 0.251 e. The zero-order valence-corrected chi connectivity index (χ0v) is 13.0. The number of nitrogens with zero attached hydrogens (tertiary/aromatic N) is 1. The first kappa shape index (κ1) is 15.0. The number of nitrogens with one attached hydrogen (secondary N) is 2. The van der Waals surface area contributed by atoms with Crippen LogP contribution < -0.4 is 10.6 Å². The monoisotopic (exact) mass is 301 g/mol. The van der Waals surface area contributed by atoms with Crippen LogP contribution in [0.3, 0.4) is 0 Å². The van der Waals surface area contributed by atoms with Gasteiger partial charge in [-0.1, -0.05) is 18.2 Å². The largest absolute Gasteiger partial charge is 0.349 e. The Balaban J connectivity index is 1.50. The Morgan fingerprint density at radius 3 is 2.45 bits per heavy atom. The highest BCUT2D eigenvalue weighted by atomic mass is 16.2. The third-order valence-corrected chi connectivity index (χ3v) is 4.66. The van der Waals surface area contributed by atoms with Crippen LogP contribution in [0.4, 0.5) is 0 Å². The standard InChI is InChI=1S/C17H23N3O2/c1-12-4-2-3-5-15(12)16(21)19-14-6-8-20(9-7-14)17(22)13-10-18-11-13/h2-5,13-14,18H,6-11H2,1H3,(H,19,21). The van der Waals surface area contributed by atoms with Gasteiger partial charge in [-0.15, -0.1) is 0 Å². The van der Waals surface area contributed by atoms with Crippen molar-refractivity contribution in [2.75, 3.05) is 26.2 Å². The molecular weight excluding hydrogens is 278 g/mol. The van der Waals surface area contributed by atoms with Crippen molar-refractivity contribution in [3.05, 3.63) is 35.4 Å². The molecule has 22 heavy (non-hydrogen) atoms. The van der Waals surface area contributed by atoms with Crippen molar-refractivity contribution in [3.8, 4) is 0 Å².